The summed E-state index contributed by atoms with van der Waals surface area (Å²) in [5.41, 5.74) is 3.47. The van der Waals surface area contributed by atoms with Crippen molar-refractivity contribution in [3.63, 3.8) is 0 Å². The number of aromatic nitrogens is 2. The molecule has 5 rings (SSSR count). The zero-order valence-corrected chi connectivity index (χ0v) is 18.4. The highest BCUT2D eigenvalue weighted by Crippen LogP contribution is 2.31. The van der Waals surface area contributed by atoms with Gasteiger partial charge in [-0.1, -0.05) is 25.1 Å². The maximum absolute atomic E-state index is 13.1. The molecule has 7 nitrogen and oxygen atoms in total. The van der Waals surface area contributed by atoms with Crippen molar-refractivity contribution in [2.45, 2.75) is 26.2 Å². The summed E-state index contributed by atoms with van der Waals surface area (Å²) < 4.78 is 0. The number of carbonyl (C=O) groups excluding carboxylic acids is 1. The molecule has 2 aromatic rings. The van der Waals surface area contributed by atoms with Crippen LogP contribution in [0.25, 0.3) is 0 Å². The maximum Gasteiger partial charge on any atom is 0.230 e. The molecule has 0 atom stereocenters. The molecule has 0 unspecified atom stereocenters. The van der Waals surface area contributed by atoms with Crippen LogP contribution >= 0.6 is 0 Å². The number of amides is 1. The molecule has 0 saturated carbocycles. The maximum atomic E-state index is 13.1. The van der Waals surface area contributed by atoms with Crippen LogP contribution in [0.4, 0.5) is 17.3 Å². The fourth-order valence-electron chi connectivity index (χ4n) is 5.08. The molecule has 3 aliphatic rings. The van der Waals surface area contributed by atoms with Crippen molar-refractivity contribution in [2.75, 3.05) is 67.1 Å². The van der Waals surface area contributed by atoms with Gasteiger partial charge in [-0.2, -0.15) is 0 Å². The van der Waals surface area contributed by atoms with E-state index in [0.29, 0.717) is 5.91 Å². The highest BCUT2D eigenvalue weighted by atomic mass is 16.2. The van der Waals surface area contributed by atoms with Crippen molar-refractivity contribution in [1.29, 1.82) is 0 Å². The van der Waals surface area contributed by atoms with E-state index in [4.69, 9.17) is 0 Å². The number of piperazine rings is 1. The lowest BCUT2D eigenvalue weighted by atomic mass is 9.95. The van der Waals surface area contributed by atoms with Crippen molar-refractivity contribution in [3.8, 4) is 0 Å². The number of likely N-dealkylation sites (N-methyl/N-ethyl adjacent to an activating group) is 1. The van der Waals surface area contributed by atoms with Crippen LogP contribution in [0.3, 0.4) is 0 Å². The van der Waals surface area contributed by atoms with Crippen molar-refractivity contribution in [2.24, 2.45) is 5.92 Å². The van der Waals surface area contributed by atoms with Crippen molar-refractivity contribution >= 4 is 23.2 Å². The minimum Gasteiger partial charge on any atom is -0.369 e. The van der Waals surface area contributed by atoms with E-state index in [9.17, 15) is 4.79 Å². The Morgan fingerprint density at radius 1 is 0.935 bits per heavy atom. The summed E-state index contributed by atoms with van der Waals surface area (Å²) in [5, 5.41) is 0. The number of anilines is 3. The molecule has 0 aliphatic carbocycles. The normalized spacial score (nSPS) is 20.2. The van der Waals surface area contributed by atoms with Crippen LogP contribution in [0.1, 0.15) is 25.3 Å². The van der Waals surface area contributed by atoms with Crippen molar-refractivity contribution in [3.05, 3.63) is 42.2 Å². The predicted octanol–water partition coefficient (Wildman–Crippen LogP) is 2.42. The molecule has 2 fully saturated rings. The minimum atomic E-state index is 0.109. The Labute approximate surface area is 184 Å². The van der Waals surface area contributed by atoms with Crippen LogP contribution < -0.4 is 14.7 Å². The van der Waals surface area contributed by atoms with E-state index in [-0.39, 0.29) is 5.92 Å². The van der Waals surface area contributed by atoms with Crippen LogP contribution in [0.15, 0.2) is 36.7 Å². The topological polar surface area (TPSA) is 55.8 Å². The summed E-state index contributed by atoms with van der Waals surface area (Å²) in [5.74, 6) is 1.23. The first-order valence-corrected chi connectivity index (χ1v) is 11.7. The van der Waals surface area contributed by atoms with Gasteiger partial charge in [-0.25, -0.2) is 9.97 Å². The molecule has 0 bridgehead atoms. The number of fused-ring (bicyclic) bond motifs is 1. The molecular weight excluding hydrogens is 388 g/mol. The first-order valence-electron chi connectivity index (χ1n) is 11.7. The van der Waals surface area contributed by atoms with Crippen LogP contribution in [0.5, 0.6) is 0 Å². The van der Waals surface area contributed by atoms with E-state index >= 15 is 0 Å². The first kappa shape index (κ1) is 20.2. The molecule has 0 N–H and O–H groups in total. The van der Waals surface area contributed by atoms with Gasteiger partial charge in [0.15, 0.2) is 0 Å². The van der Waals surface area contributed by atoms with E-state index in [2.05, 4.69) is 49.8 Å². The predicted molar refractivity (Wildman–Crippen MR) is 124 cm³/mol. The van der Waals surface area contributed by atoms with Crippen LogP contribution in [0.2, 0.25) is 0 Å². The summed E-state index contributed by atoms with van der Waals surface area (Å²) in [4.78, 5) is 31.5. The van der Waals surface area contributed by atoms with Gasteiger partial charge >= 0.3 is 0 Å². The summed E-state index contributed by atoms with van der Waals surface area (Å²) >= 11 is 0. The van der Waals surface area contributed by atoms with Gasteiger partial charge in [-0.3, -0.25) is 4.79 Å². The average molecular weight is 421 g/mol. The second-order valence-corrected chi connectivity index (χ2v) is 8.79. The Balaban J connectivity index is 1.16. The lowest BCUT2D eigenvalue weighted by molar-refractivity contribution is -0.122. The molecule has 0 spiro atoms. The first-order chi connectivity index (χ1) is 15.2. The van der Waals surface area contributed by atoms with Gasteiger partial charge in [0.2, 0.25) is 11.9 Å². The summed E-state index contributed by atoms with van der Waals surface area (Å²) in [6.45, 7) is 10.0. The van der Waals surface area contributed by atoms with Crippen molar-refractivity contribution in [1.82, 2.24) is 14.9 Å². The zero-order chi connectivity index (χ0) is 21.2. The van der Waals surface area contributed by atoms with Crippen LogP contribution in [-0.4, -0.2) is 73.1 Å². The van der Waals surface area contributed by atoms with Gasteiger partial charge in [-0.15, -0.1) is 0 Å². The summed E-state index contributed by atoms with van der Waals surface area (Å²) in [7, 11) is 0. The smallest absolute Gasteiger partial charge is 0.230 e. The number of hydrogen-bond acceptors (Lipinski definition) is 6. The molecular formula is C24H32N6O. The lowest BCUT2D eigenvalue weighted by Crippen LogP contribution is -2.46. The number of hydrogen-bond donors (Lipinski definition) is 0. The molecule has 7 heteroatoms. The second kappa shape index (κ2) is 8.83. The van der Waals surface area contributed by atoms with E-state index in [0.717, 1.165) is 88.9 Å². The zero-order valence-electron chi connectivity index (χ0n) is 18.4. The molecule has 31 heavy (non-hydrogen) atoms. The van der Waals surface area contributed by atoms with Gasteiger partial charge < -0.3 is 19.6 Å². The van der Waals surface area contributed by atoms with Crippen LogP contribution in [-0.2, 0) is 11.2 Å². The third kappa shape index (κ3) is 4.11. The monoisotopic (exact) mass is 420 g/mol. The van der Waals surface area contributed by atoms with Gasteiger partial charge in [0.1, 0.15) is 0 Å². The van der Waals surface area contributed by atoms with E-state index < -0.39 is 0 Å². The molecule has 4 heterocycles. The lowest BCUT2D eigenvalue weighted by Gasteiger charge is -2.35. The fourth-order valence-corrected chi connectivity index (χ4v) is 5.08. The molecule has 1 amide bonds. The molecule has 164 valence electrons. The molecule has 1 aromatic heterocycles. The molecule has 0 radical (unpaired) electrons. The van der Waals surface area contributed by atoms with Gasteiger partial charge in [0.05, 0.1) is 18.1 Å². The highest BCUT2D eigenvalue weighted by molar-refractivity contribution is 5.97. The Morgan fingerprint density at radius 3 is 2.35 bits per heavy atom. The Kier molecular flexibility index (Phi) is 5.76. The Hall–Kier alpha value is -2.67. The number of para-hydroxylation sites is 1. The third-order valence-electron chi connectivity index (χ3n) is 7.09. The standard InChI is InChI=1S/C24H32N6O/c1-2-27-13-15-29(16-14-27)24-25-17-21(18-26-24)28-10-7-20(8-11-28)23(31)30-12-9-19-5-3-4-6-22(19)30/h3-6,17-18,20H,2,7-16H2,1H3. The Morgan fingerprint density at radius 2 is 1.65 bits per heavy atom. The molecule has 3 aliphatic heterocycles. The quantitative estimate of drug-likeness (QED) is 0.757. The minimum absolute atomic E-state index is 0.109. The molecule has 1 aromatic carbocycles. The van der Waals surface area contributed by atoms with E-state index in [1.165, 1.54) is 5.56 Å². The average Bonchev–Trinajstić information content (AvgIpc) is 3.28. The second-order valence-electron chi connectivity index (χ2n) is 8.79. The third-order valence-corrected chi connectivity index (χ3v) is 7.09. The number of piperidine rings is 1. The number of carbonyl (C=O) groups is 1. The Bertz CT molecular complexity index is 901. The highest BCUT2D eigenvalue weighted by Gasteiger charge is 2.32. The van der Waals surface area contributed by atoms with Crippen LogP contribution in [0, 0.1) is 5.92 Å². The summed E-state index contributed by atoms with van der Waals surface area (Å²) in [6, 6.07) is 8.30. The van der Waals surface area contributed by atoms with Gasteiger partial charge in [0, 0.05) is 57.4 Å². The fraction of sp³-hybridized carbons (Fsp3) is 0.542. The van der Waals surface area contributed by atoms with Gasteiger partial charge in [-0.05, 0) is 37.4 Å². The van der Waals surface area contributed by atoms with Gasteiger partial charge in [0.25, 0.3) is 0 Å². The summed E-state index contributed by atoms with van der Waals surface area (Å²) in [6.07, 6.45) is 6.65. The van der Waals surface area contributed by atoms with Crippen molar-refractivity contribution < 1.29 is 4.79 Å². The molecule has 2 saturated heterocycles. The van der Waals surface area contributed by atoms with E-state index in [1.807, 2.05) is 23.4 Å². The number of nitrogens with zero attached hydrogens (tertiary/aromatic N) is 6. The SMILES string of the molecule is CCN1CCN(c2ncc(N3CCC(C(=O)N4CCc5ccccc54)CC3)cn2)CC1. The largest absolute Gasteiger partial charge is 0.369 e. The number of benzene rings is 1. The van der Waals surface area contributed by atoms with E-state index in [1.54, 1.807) is 0 Å². The number of rotatable bonds is 4.